The Morgan fingerprint density at radius 1 is 1.20 bits per heavy atom. The van der Waals surface area contributed by atoms with Gasteiger partial charge >= 0.3 is 6.03 Å². The van der Waals surface area contributed by atoms with Crippen molar-refractivity contribution in [1.82, 2.24) is 25.4 Å². The summed E-state index contributed by atoms with van der Waals surface area (Å²) < 4.78 is 7.91. The van der Waals surface area contributed by atoms with Gasteiger partial charge in [-0.1, -0.05) is 18.2 Å². The predicted molar refractivity (Wildman–Crippen MR) is 93.0 cm³/mol. The molecule has 25 heavy (non-hydrogen) atoms. The van der Waals surface area contributed by atoms with Crippen molar-refractivity contribution < 1.29 is 9.21 Å². The lowest BCUT2D eigenvalue weighted by Crippen LogP contribution is -2.35. The van der Waals surface area contributed by atoms with Crippen LogP contribution >= 0.6 is 0 Å². The lowest BCUT2D eigenvalue weighted by molar-refractivity contribution is 0.238. The number of furan rings is 1. The van der Waals surface area contributed by atoms with Gasteiger partial charge in [0, 0.05) is 23.9 Å². The second kappa shape index (κ2) is 6.58. The van der Waals surface area contributed by atoms with Crippen molar-refractivity contribution in [2.75, 3.05) is 0 Å². The highest BCUT2D eigenvalue weighted by Gasteiger charge is 2.16. The summed E-state index contributed by atoms with van der Waals surface area (Å²) in [5, 5.41) is 15.1. The zero-order chi connectivity index (χ0) is 17.2. The van der Waals surface area contributed by atoms with Gasteiger partial charge in [0.1, 0.15) is 17.2 Å². The molecule has 130 valence electrons. The first-order valence-corrected chi connectivity index (χ1v) is 8.62. The number of nitrogens with one attached hydrogen (secondary N) is 2. The number of carbonyl (C=O) groups is 1. The second-order valence-corrected chi connectivity index (χ2v) is 6.32. The molecule has 0 spiro atoms. The summed E-state index contributed by atoms with van der Waals surface area (Å²) in [6.07, 6.45) is 3.25. The fourth-order valence-electron chi connectivity index (χ4n) is 3.28. The van der Waals surface area contributed by atoms with E-state index in [1.54, 1.807) is 0 Å². The van der Waals surface area contributed by atoms with Gasteiger partial charge in [-0.3, -0.25) is 0 Å². The molecule has 0 bridgehead atoms. The van der Waals surface area contributed by atoms with Crippen molar-refractivity contribution in [3.63, 3.8) is 0 Å². The van der Waals surface area contributed by atoms with Crippen LogP contribution in [0.4, 0.5) is 4.79 Å². The predicted octanol–water partition coefficient (Wildman–Crippen LogP) is 2.67. The van der Waals surface area contributed by atoms with Crippen LogP contribution in [0.15, 0.2) is 28.7 Å². The first-order chi connectivity index (χ1) is 12.2. The number of nitrogens with zero attached hydrogens (tertiary/aromatic N) is 3. The van der Waals surface area contributed by atoms with E-state index in [1.165, 1.54) is 0 Å². The fourth-order valence-corrected chi connectivity index (χ4v) is 3.28. The standard InChI is InChI=1S/C18H21N5O2/c1-12-13-6-2-3-7-14(13)25-15(12)10-19-18(24)20-11-17-22-21-16-8-4-5-9-23(16)17/h2-3,6-7H,4-5,8-11H2,1H3,(H2,19,20,24). The van der Waals surface area contributed by atoms with Crippen molar-refractivity contribution in [3.8, 4) is 0 Å². The maximum absolute atomic E-state index is 12.1. The minimum Gasteiger partial charge on any atom is -0.459 e. The molecule has 1 aliphatic rings. The highest BCUT2D eigenvalue weighted by molar-refractivity contribution is 5.82. The SMILES string of the molecule is Cc1c(CNC(=O)NCc2nnc3n2CCCC3)oc2ccccc12. The third-order valence-electron chi connectivity index (χ3n) is 4.70. The Morgan fingerprint density at radius 2 is 2.04 bits per heavy atom. The van der Waals surface area contributed by atoms with E-state index < -0.39 is 0 Å². The summed E-state index contributed by atoms with van der Waals surface area (Å²) in [4.78, 5) is 12.1. The van der Waals surface area contributed by atoms with E-state index >= 15 is 0 Å². The molecular formula is C18H21N5O2. The Morgan fingerprint density at radius 3 is 2.92 bits per heavy atom. The molecule has 1 aliphatic heterocycles. The molecule has 0 saturated carbocycles. The Hall–Kier alpha value is -2.83. The van der Waals surface area contributed by atoms with Gasteiger partial charge in [0.25, 0.3) is 0 Å². The number of amides is 2. The van der Waals surface area contributed by atoms with Gasteiger partial charge in [-0.25, -0.2) is 4.79 Å². The zero-order valence-electron chi connectivity index (χ0n) is 14.2. The number of carbonyl (C=O) groups excluding carboxylic acids is 1. The Labute approximate surface area is 145 Å². The number of aryl methyl sites for hydroxylation is 2. The number of rotatable bonds is 4. The molecule has 2 amide bonds. The molecule has 2 aromatic heterocycles. The Kier molecular flexibility index (Phi) is 4.13. The number of hydrogen-bond acceptors (Lipinski definition) is 4. The van der Waals surface area contributed by atoms with E-state index in [-0.39, 0.29) is 6.03 Å². The molecule has 1 aromatic carbocycles. The van der Waals surface area contributed by atoms with E-state index in [4.69, 9.17) is 4.42 Å². The first kappa shape index (κ1) is 15.7. The molecule has 3 aromatic rings. The van der Waals surface area contributed by atoms with Crippen LogP contribution in [-0.4, -0.2) is 20.8 Å². The van der Waals surface area contributed by atoms with Crippen LogP contribution in [0, 0.1) is 6.92 Å². The Balaban J connectivity index is 1.34. The van der Waals surface area contributed by atoms with Crippen molar-refractivity contribution in [3.05, 3.63) is 47.2 Å². The molecule has 2 N–H and O–H groups in total. The normalized spacial score (nSPS) is 13.6. The number of benzene rings is 1. The summed E-state index contributed by atoms with van der Waals surface area (Å²) in [5.74, 6) is 2.60. The summed E-state index contributed by atoms with van der Waals surface area (Å²) in [6, 6.07) is 7.63. The zero-order valence-corrected chi connectivity index (χ0v) is 14.2. The van der Waals surface area contributed by atoms with Crippen LogP contribution in [0.5, 0.6) is 0 Å². The average Bonchev–Trinajstić information content (AvgIpc) is 3.20. The molecule has 0 saturated heterocycles. The largest absolute Gasteiger partial charge is 0.459 e. The molecule has 0 radical (unpaired) electrons. The number of aromatic nitrogens is 3. The van der Waals surface area contributed by atoms with E-state index in [0.717, 1.165) is 59.7 Å². The topological polar surface area (TPSA) is 85.0 Å². The molecule has 0 fully saturated rings. The Bertz CT molecular complexity index is 911. The van der Waals surface area contributed by atoms with Gasteiger partial charge in [0.15, 0.2) is 5.82 Å². The van der Waals surface area contributed by atoms with Crippen LogP contribution in [0.1, 0.15) is 35.8 Å². The molecule has 0 unspecified atom stereocenters. The quantitative estimate of drug-likeness (QED) is 0.765. The van der Waals surface area contributed by atoms with Gasteiger partial charge in [-0.15, -0.1) is 10.2 Å². The number of hydrogen-bond donors (Lipinski definition) is 2. The van der Waals surface area contributed by atoms with Crippen LogP contribution in [-0.2, 0) is 26.1 Å². The summed E-state index contributed by atoms with van der Waals surface area (Å²) in [5.41, 5.74) is 1.90. The molecule has 3 heterocycles. The molecule has 4 rings (SSSR count). The number of urea groups is 1. The van der Waals surface area contributed by atoms with Crippen molar-refractivity contribution in [1.29, 1.82) is 0 Å². The van der Waals surface area contributed by atoms with Crippen LogP contribution in [0.3, 0.4) is 0 Å². The maximum atomic E-state index is 12.1. The van der Waals surface area contributed by atoms with Gasteiger partial charge in [0.05, 0.1) is 13.1 Å². The highest BCUT2D eigenvalue weighted by Crippen LogP contribution is 2.24. The van der Waals surface area contributed by atoms with Crippen LogP contribution < -0.4 is 10.6 Å². The van der Waals surface area contributed by atoms with E-state index in [1.807, 2.05) is 31.2 Å². The number of para-hydroxylation sites is 1. The monoisotopic (exact) mass is 339 g/mol. The molecule has 7 heteroatoms. The third kappa shape index (κ3) is 3.09. The minimum absolute atomic E-state index is 0.243. The average molecular weight is 339 g/mol. The van der Waals surface area contributed by atoms with Crippen LogP contribution in [0.25, 0.3) is 11.0 Å². The van der Waals surface area contributed by atoms with Gasteiger partial charge in [-0.05, 0) is 25.8 Å². The molecule has 0 aliphatic carbocycles. The van der Waals surface area contributed by atoms with Crippen LogP contribution in [0.2, 0.25) is 0 Å². The van der Waals surface area contributed by atoms with Gasteiger partial charge < -0.3 is 19.6 Å². The van der Waals surface area contributed by atoms with Gasteiger partial charge in [-0.2, -0.15) is 0 Å². The summed E-state index contributed by atoms with van der Waals surface area (Å²) in [7, 11) is 0. The fraction of sp³-hybridized carbons (Fsp3) is 0.389. The molecule has 7 nitrogen and oxygen atoms in total. The third-order valence-corrected chi connectivity index (χ3v) is 4.70. The number of fused-ring (bicyclic) bond motifs is 2. The smallest absolute Gasteiger partial charge is 0.315 e. The minimum atomic E-state index is -0.243. The van der Waals surface area contributed by atoms with Crippen molar-refractivity contribution in [2.45, 2.75) is 45.8 Å². The summed E-state index contributed by atoms with van der Waals surface area (Å²) >= 11 is 0. The summed E-state index contributed by atoms with van der Waals surface area (Å²) in [6.45, 7) is 3.66. The lowest BCUT2D eigenvalue weighted by atomic mass is 10.1. The van der Waals surface area contributed by atoms with Crippen molar-refractivity contribution >= 4 is 17.0 Å². The van der Waals surface area contributed by atoms with Gasteiger partial charge in [0.2, 0.25) is 0 Å². The first-order valence-electron chi connectivity index (χ1n) is 8.62. The lowest BCUT2D eigenvalue weighted by Gasteiger charge is -2.14. The maximum Gasteiger partial charge on any atom is 0.315 e. The second-order valence-electron chi connectivity index (χ2n) is 6.32. The highest BCUT2D eigenvalue weighted by atomic mass is 16.3. The van der Waals surface area contributed by atoms with E-state index in [9.17, 15) is 4.79 Å². The molecule has 0 atom stereocenters. The van der Waals surface area contributed by atoms with E-state index in [0.29, 0.717) is 13.1 Å². The van der Waals surface area contributed by atoms with Crippen molar-refractivity contribution in [2.24, 2.45) is 0 Å². The van der Waals surface area contributed by atoms with E-state index in [2.05, 4.69) is 25.4 Å². The molecular weight excluding hydrogens is 318 g/mol.